The van der Waals surface area contributed by atoms with Gasteiger partial charge in [-0.15, -0.1) is 0 Å². The number of hydrogen-bond acceptors (Lipinski definition) is 6. The molecule has 2 bridgehead atoms. The van der Waals surface area contributed by atoms with Crippen LogP contribution in [0.5, 0.6) is 0 Å². The van der Waals surface area contributed by atoms with E-state index in [1.54, 1.807) is 18.7 Å². The third-order valence-corrected chi connectivity index (χ3v) is 4.79. The van der Waals surface area contributed by atoms with Crippen molar-refractivity contribution in [1.29, 1.82) is 0 Å². The summed E-state index contributed by atoms with van der Waals surface area (Å²) in [6.07, 6.45) is 6.49. The molecular weight excluding hydrogens is 288 g/mol. The Morgan fingerprint density at radius 1 is 0.870 bits per heavy atom. The first-order valence-electron chi connectivity index (χ1n) is 7.90. The lowest BCUT2D eigenvalue weighted by molar-refractivity contribution is 0.287. The molecule has 114 valence electrons. The molecule has 2 aromatic heterocycles. The Morgan fingerprint density at radius 2 is 1.65 bits per heavy atom. The van der Waals surface area contributed by atoms with Crippen LogP contribution in [0.2, 0.25) is 0 Å². The number of benzene rings is 1. The van der Waals surface area contributed by atoms with Crippen LogP contribution in [0.3, 0.4) is 0 Å². The molecule has 2 unspecified atom stereocenters. The zero-order valence-electron chi connectivity index (χ0n) is 12.6. The number of anilines is 2. The molecule has 3 aromatic rings. The first-order chi connectivity index (χ1) is 11.4. The van der Waals surface area contributed by atoms with Crippen LogP contribution in [0.15, 0.2) is 49.1 Å². The lowest BCUT2D eigenvalue weighted by Crippen LogP contribution is -2.69. The molecule has 6 heteroatoms. The smallest absolute Gasteiger partial charge is 0.225 e. The Balaban J connectivity index is 1.46. The largest absolute Gasteiger partial charge is 0.346 e. The molecule has 23 heavy (non-hydrogen) atoms. The van der Waals surface area contributed by atoms with E-state index >= 15 is 0 Å². The molecule has 3 aliphatic rings. The number of aromatic nitrogens is 4. The van der Waals surface area contributed by atoms with E-state index in [2.05, 4.69) is 41.9 Å². The second kappa shape index (κ2) is 4.87. The summed E-state index contributed by atoms with van der Waals surface area (Å²) in [5, 5.41) is 1.13. The maximum atomic E-state index is 4.57. The molecular formula is C17H16N6. The molecule has 3 saturated heterocycles. The second-order valence-electron chi connectivity index (χ2n) is 6.12. The Bertz CT molecular complexity index is 835. The van der Waals surface area contributed by atoms with Gasteiger partial charge in [0, 0.05) is 30.9 Å². The summed E-state index contributed by atoms with van der Waals surface area (Å²) in [7, 11) is 0. The molecule has 0 spiro atoms. The van der Waals surface area contributed by atoms with Gasteiger partial charge in [-0.1, -0.05) is 12.1 Å². The minimum absolute atomic E-state index is 0.468. The molecule has 0 saturated carbocycles. The van der Waals surface area contributed by atoms with E-state index in [4.69, 9.17) is 0 Å². The highest BCUT2D eigenvalue weighted by molar-refractivity contribution is 5.90. The molecule has 2 atom stereocenters. The van der Waals surface area contributed by atoms with E-state index in [0.717, 1.165) is 35.8 Å². The maximum Gasteiger partial charge on any atom is 0.225 e. The molecule has 0 amide bonds. The monoisotopic (exact) mass is 304 g/mol. The van der Waals surface area contributed by atoms with Gasteiger partial charge in [0.15, 0.2) is 0 Å². The number of fused-ring (bicyclic) bond motifs is 3. The molecule has 0 N–H and O–H groups in total. The zero-order chi connectivity index (χ0) is 15.2. The molecule has 0 aliphatic carbocycles. The average molecular weight is 304 g/mol. The van der Waals surface area contributed by atoms with Crippen molar-refractivity contribution in [3.8, 4) is 0 Å². The van der Waals surface area contributed by atoms with E-state index in [9.17, 15) is 0 Å². The van der Waals surface area contributed by atoms with Crippen LogP contribution < -0.4 is 9.80 Å². The topological polar surface area (TPSA) is 58.0 Å². The van der Waals surface area contributed by atoms with E-state index in [-0.39, 0.29) is 0 Å². The van der Waals surface area contributed by atoms with Gasteiger partial charge in [0.25, 0.3) is 0 Å². The summed E-state index contributed by atoms with van der Waals surface area (Å²) in [6, 6.07) is 11.0. The van der Waals surface area contributed by atoms with Crippen molar-refractivity contribution < 1.29 is 0 Å². The van der Waals surface area contributed by atoms with Crippen LogP contribution in [0.4, 0.5) is 11.8 Å². The molecule has 3 fully saturated rings. The van der Waals surface area contributed by atoms with E-state index in [0.29, 0.717) is 12.1 Å². The Labute approximate surface area is 133 Å². The maximum absolute atomic E-state index is 4.57. The lowest BCUT2D eigenvalue weighted by atomic mass is 9.87. The predicted octanol–water partition coefficient (Wildman–Crippen LogP) is 1.89. The van der Waals surface area contributed by atoms with Gasteiger partial charge in [0.05, 0.1) is 17.6 Å². The van der Waals surface area contributed by atoms with Crippen molar-refractivity contribution in [3.05, 3.63) is 49.1 Å². The number of piperidine rings is 1. The molecule has 6 rings (SSSR count). The highest BCUT2D eigenvalue weighted by Gasteiger charge is 2.46. The van der Waals surface area contributed by atoms with Gasteiger partial charge in [-0.3, -0.25) is 0 Å². The molecule has 0 radical (unpaired) electrons. The number of rotatable bonds is 2. The quantitative estimate of drug-likeness (QED) is 0.720. The highest BCUT2D eigenvalue weighted by atomic mass is 15.4. The van der Waals surface area contributed by atoms with Crippen molar-refractivity contribution in [1.82, 2.24) is 19.9 Å². The normalized spacial score (nSPS) is 23.0. The van der Waals surface area contributed by atoms with Crippen LogP contribution in [0.1, 0.15) is 6.42 Å². The van der Waals surface area contributed by atoms with E-state index < -0.39 is 0 Å². The van der Waals surface area contributed by atoms with Crippen molar-refractivity contribution in [2.24, 2.45) is 0 Å². The summed E-state index contributed by atoms with van der Waals surface area (Å²) in [4.78, 5) is 22.4. The van der Waals surface area contributed by atoms with Gasteiger partial charge in [0.2, 0.25) is 5.95 Å². The summed E-state index contributed by atoms with van der Waals surface area (Å²) < 4.78 is 0. The Morgan fingerprint density at radius 3 is 2.48 bits per heavy atom. The Hall–Kier alpha value is -2.76. The van der Waals surface area contributed by atoms with Crippen molar-refractivity contribution >= 4 is 22.7 Å². The average Bonchev–Trinajstić information content (AvgIpc) is 2.63. The van der Waals surface area contributed by atoms with Gasteiger partial charge in [-0.2, -0.15) is 0 Å². The fourth-order valence-corrected chi connectivity index (χ4v) is 3.77. The SMILES string of the molecule is c1cnc(N2CC3CC(C2)N3c2ncnc3ccccc23)nc1. The van der Waals surface area contributed by atoms with Crippen molar-refractivity contribution in [2.75, 3.05) is 22.9 Å². The second-order valence-corrected chi connectivity index (χ2v) is 6.12. The van der Waals surface area contributed by atoms with Crippen LogP contribution >= 0.6 is 0 Å². The summed E-state index contributed by atoms with van der Waals surface area (Å²) in [6.45, 7) is 1.89. The fraction of sp³-hybridized carbons (Fsp3) is 0.294. The lowest BCUT2D eigenvalue weighted by Gasteiger charge is -2.57. The number of piperazine rings is 1. The minimum atomic E-state index is 0.468. The van der Waals surface area contributed by atoms with E-state index in [1.807, 2.05) is 18.2 Å². The molecule has 6 nitrogen and oxygen atoms in total. The van der Waals surface area contributed by atoms with Crippen LogP contribution in [-0.2, 0) is 0 Å². The third kappa shape index (κ3) is 1.94. The molecule has 3 aliphatic heterocycles. The summed E-state index contributed by atoms with van der Waals surface area (Å²) in [5.41, 5.74) is 1.01. The first-order valence-corrected chi connectivity index (χ1v) is 7.90. The third-order valence-electron chi connectivity index (χ3n) is 4.79. The molecule has 1 aromatic carbocycles. The number of nitrogens with zero attached hydrogens (tertiary/aromatic N) is 6. The fourth-order valence-electron chi connectivity index (χ4n) is 3.77. The Kier molecular flexibility index (Phi) is 2.70. The van der Waals surface area contributed by atoms with Crippen LogP contribution in [-0.4, -0.2) is 45.1 Å². The van der Waals surface area contributed by atoms with Crippen molar-refractivity contribution in [3.63, 3.8) is 0 Å². The summed E-state index contributed by atoms with van der Waals surface area (Å²) in [5.74, 6) is 1.89. The summed E-state index contributed by atoms with van der Waals surface area (Å²) >= 11 is 0. The minimum Gasteiger partial charge on any atom is -0.346 e. The van der Waals surface area contributed by atoms with Crippen molar-refractivity contribution in [2.45, 2.75) is 18.5 Å². The first kappa shape index (κ1) is 12.8. The number of hydrogen-bond donors (Lipinski definition) is 0. The standard InChI is InChI=1S/C17H16N6/c1-2-5-15-14(4-1)16(21-11-20-15)23-12-8-13(23)10-22(9-12)17-18-6-3-7-19-17/h1-7,11-13H,8-10H2. The van der Waals surface area contributed by atoms with Gasteiger partial charge in [-0.25, -0.2) is 19.9 Å². The zero-order valence-corrected chi connectivity index (χ0v) is 12.6. The van der Waals surface area contributed by atoms with Gasteiger partial charge < -0.3 is 9.80 Å². The number of para-hydroxylation sites is 1. The van der Waals surface area contributed by atoms with Gasteiger partial charge in [-0.05, 0) is 24.6 Å². The van der Waals surface area contributed by atoms with Gasteiger partial charge in [0.1, 0.15) is 12.1 Å². The van der Waals surface area contributed by atoms with Crippen LogP contribution in [0.25, 0.3) is 10.9 Å². The predicted molar refractivity (Wildman–Crippen MR) is 88.5 cm³/mol. The highest BCUT2D eigenvalue weighted by Crippen LogP contribution is 2.39. The van der Waals surface area contributed by atoms with Crippen LogP contribution in [0, 0.1) is 0 Å². The van der Waals surface area contributed by atoms with Gasteiger partial charge >= 0.3 is 0 Å². The molecule has 5 heterocycles. The van der Waals surface area contributed by atoms with E-state index in [1.165, 1.54) is 6.42 Å².